The third-order valence-electron chi connectivity index (χ3n) is 3.76. The van der Waals surface area contributed by atoms with E-state index >= 15 is 0 Å². The van der Waals surface area contributed by atoms with Gasteiger partial charge in [-0.1, -0.05) is 13.0 Å². The molecule has 110 valence electrons. The third kappa shape index (κ3) is 3.42. The average Bonchev–Trinajstić information content (AvgIpc) is 3.02. The highest BCUT2D eigenvalue weighted by Crippen LogP contribution is 2.23. The molecule has 1 saturated heterocycles. The minimum Gasteiger partial charge on any atom is -0.370 e. The second-order valence-corrected chi connectivity index (χ2v) is 6.47. The number of aromatic nitrogens is 1. The van der Waals surface area contributed by atoms with Crippen molar-refractivity contribution >= 4 is 28.7 Å². The van der Waals surface area contributed by atoms with E-state index in [1.807, 2.05) is 35.8 Å². The van der Waals surface area contributed by atoms with Crippen molar-refractivity contribution in [2.75, 3.05) is 23.3 Å². The molecule has 0 aliphatic carbocycles. The Morgan fingerprint density at radius 3 is 3.00 bits per heavy atom. The number of amides is 1. The first-order chi connectivity index (χ1) is 10.2. The summed E-state index contributed by atoms with van der Waals surface area (Å²) in [7, 11) is 0. The maximum absolute atomic E-state index is 12.0. The van der Waals surface area contributed by atoms with Gasteiger partial charge < -0.3 is 10.2 Å². The van der Waals surface area contributed by atoms with Crippen molar-refractivity contribution in [2.45, 2.75) is 19.8 Å². The highest BCUT2D eigenvalue weighted by atomic mass is 32.1. The molecule has 1 fully saturated rings. The monoisotopic (exact) mass is 301 g/mol. The molecule has 0 spiro atoms. The van der Waals surface area contributed by atoms with Crippen molar-refractivity contribution in [3.05, 3.63) is 40.7 Å². The van der Waals surface area contributed by atoms with E-state index < -0.39 is 0 Å². The minimum absolute atomic E-state index is 0.100. The Bertz CT molecular complexity index is 594. The Morgan fingerprint density at radius 1 is 1.43 bits per heavy atom. The third-order valence-corrected chi connectivity index (χ3v) is 4.63. The van der Waals surface area contributed by atoms with Crippen LogP contribution in [-0.4, -0.2) is 24.0 Å². The zero-order valence-electron chi connectivity index (χ0n) is 12.1. The highest BCUT2D eigenvalue weighted by molar-refractivity contribution is 7.12. The van der Waals surface area contributed by atoms with Crippen molar-refractivity contribution < 1.29 is 4.79 Å². The van der Waals surface area contributed by atoms with Crippen molar-refractivity contribution in [3.8, 4) is 0 Å². The lowest BCUT2D eigenvalue weighted by molar-refractivity contribution is 0.103. The van der Waals surface area contributed by atoms with Crippen LogP contribution in [0.25, 0.3) is 0 Å². The number of hydrogen-bond acceptors (Lipinski definition) is 4. The van der Waals surface area contributed by atoms with Gasteiger partial charge in [0.15, 0.2) is 0 Å². The fraction of sp³-hybridized carbons (Fsp3) is 0.375. The van der Waals surface area contributed by atoms with Crippen LogP contribution < -0.4 is 10.2 Å². The lowest BCUT2D eigenvalue weighted by Crippen LogP contribution is -2.34. The number of thiophene rings is 1. The van der Waals surface area contributed by atoms with Crippen LogP contribution in [0, 0.1) is 5.92 Å². The van der Waals surface area contributed by atoms with Crippen LogP contribution in [0.1, 0.15) is 29.4 Å². The van der Waals surface area contributed by atoms with Crippen LogP contribution in [0.4, 0.5) is 11.5 Å². The number of anilines is 2. The number of nitrogens with one attached hydrogen (secondary N) is 1. The molecule has 1 N–H and O–H groups in total. The Morgan fingerprint density at radius 2 is 2.33 bits per heavy atom. The molecule has 1 aliphatic rings. The number of piperidine rings is 1. The molecule has 1 aliphatic heterocycles. The fourth-order valence-electron chi connectivity index (χ4n) is 2.66. The van der Waals surface area contributed by atoms with Gasteiger partial charge in [0.2, 0.25) is 0 Å². The molecule has 0 saturated carbocycles. The number of carbonyl (C=O) groups excluding carboxylic acids is 1. The largest absolute Gasteiger partial charge is 0.370 e. The van der Waals surface area contributed by atoms with Gasteiger partial charge in [0.05, 0.1) is 16.8 Å². The molecular formula is C16H19N3OS. The van der Waals surface area contributed by atoms with Crippen molar-refractivity contribution in [2.24, 2.45) is 5.92 Å². The van der Waals surface area contributed by atoms with E-state index in [4.69, 9.17) is 0 Å². The van der Waals surface area contributed by atoms with Gasteiger partial charge in [-0.3, -0.25) is 4.79 Å². The molecular weight excluding hydrogens is 282 g/mol. The van der Waals surface area contributed by atoms with Gasteiger partial charge in [-0.25, -0.2) is 4.98 Å². The van der Waals surface area contributed by atoms with Crippen LogP contribution in [0.3, 0.4) is 0 Å². The number of carbonyl (C=O) groups is 1. The number of pyridine rings is 1. The molecule has 2 aromatic heterocycles. The molecule has 0 aromatic carbocycles. The normalized spacial score (nSPS) is 18.5. The maximum atomic E-state index is 12.0. The predicted octanol–water partition coefficient (Wildman–Crippen LogP) is 3.63. The van der Waals surface area contributed by atoms with Crippen LogP contribution in [0.5, 0.6) is 0 Å². The van der Waals surface area contributed by atoms with Crippen molar-refractivity contribution in [3.63, 3.8) is 0 Å². The summed E-state index contributed by atoms with van der Waals surface area (Å²) in [6.45, 7) is 4.46. The molecule has 3 heterocycles. The molecule has 1 atom stereocenters. The Hall–Kier alpha value is -1.88. The van der Waals surface area contributed by atoms with Gasteiger partial charge in [-0.15, -0.1) is 11.3 Å². The van der Waals surface area contributed by atoms with E-state index in [9.17, 15) is 4.79 Å². The summed E-state index contributed by atoms with van der Waals surface area (Å²) < 4.78 is 0. The Kier molecular flexibility index (Phi) is 4.20. The van der Waals surface area contributed by atoms with Gasteiger partial charge in [-0.2, -0.15) is 0 Å². The number of nitrogens with zero attached hydrogens (tertiary/aromatic N) is 2. The van der Waals surface area contributed by atoms with Gasteiger partial charge in [0, 0.05) is 13.1 Å². The predicted molar refractivity (Wildman–Crippen MR) is 87.1 cm³/mol. The molecule has 1 amide bonds. The summed E-state index contributed by atoms with van der Waals surface area (Å²) in [6, 6.07) is 7.59. The molecule has 0 bridgehead atoms. The Balaban J connectivity index is 1.65. The van der Waals surface area contributed by atoms with Crippen LogP contribution >= 0.6 is 11.3 Å². The minimum atomic E-state index is -0.100. The lowest BCUT2D eigenvalue weighted by atomic mass is 10.00. The van der Waals surface area contributed by atoms with Crippen molar-refractivity contribution in [1.29, 1.82) is 0 Å². The zero-order chi connectivity index (χ0) is 14.7. The molecule has 3 rings (SSSR count). The van der Waals surface area contributed by atoms with E-state index in [-0.39, 0.29) is 5.91 Å². The van der Waals surface area contributed by atoms with E-state index in [0.29, 0.717) is 10.7 Å². The quantitative estimate of drug-likeness (QED) is 0.941. The van der Waals surface area contributed by atoms with Crippen LogP contribution in [0.15, 0.2) is 35.8 Å². The fourth-order valence-corrected chi connectivity index (χ4v) is 3.28. The second kappa shape index (κ2) is 6.26. The van der Waals surface area contributed by atoms with Gasteiger partial charge >= 0.3 is 0 Å². The van der Waals surface area contributed by atoms with E-state index in [1.54, 1.807) is 0 Å². The van der Waals surface area contributed by atoms with Gasteiger partial charge in [-0.05, 0) is 42.3 Å². The van der Waals surface area contributed by atoms with Crippen molar-refractivity contribution in [1.82, 2.24) is 4.98 Å². The molecule has 4 nitrogen and oxygen atoms in total. The highest BCUT2D eigenvalue weighted by Gasteiger charge is 2.17. The summed E-state index contributed by atoms with van der Waals surface area (Å²) in [4.78, 5) is 19.4. The second-order valence-electron chi connectivity index (χ2n) is 5.53. The summed E-state index contributed by atoms with van der Waals surface area (Å²) in [5.41, 5.74) is 1.13. The van der Waals surface area contributed by atoms with Gasteiger partial charge in [0.25, 0.3) is 5.91 Å². The molecule has 0 radical (unpaired) electrons. The number of hydrogen-bond donors (Lipinski definition) is 1. The molecule has 2 aromatic rings. The maximum Gasteiger partial charge on any atom is 0.266 e. The van der Waals surface area contributed by atoms with Gasteiger partial charge in [0.1, 0.15) is 5.82 Å². The first kappa shape index (κ1) is 14.1. The molecule has 1 unspecified atom stereocenters. The summed E-state index contributed by atoms with van der Waals surface area (Å²) in [5.74, 6) is 1.23. The van der Waals surface area contributed by atoms with Crippen LogP contribution in [0.2, 0.25) is 0 Å². The topological polar surface area (TPSA) is 45.2 Å². The average molecular weight is 301 g/mol. The SMILES string of the molecule is CC1CCCN(c2ccc(NC(=O)c3cccs3)nc2)C1. The summed E-state index contributed by atoms with van der Waals surface area (Å²) in [6.07, 6.45) is 4.39. The smallest absolute Gasteiger partial charge is 0.266 e. The first-order valence-electron chi connectivity index (χ1n) is 7.28. The lowest BCUT2D eigenvalue weighted by Gasteiger charge is -2.32. The number of rotatable bonds is 3. The van der Waals surface area contributed by atoms with E-state index in [2.05, 4.69) is 22.1 Å². The first-order valence-corrected chi connectivity index (χ1v) is 8.16. The summed E-state index contributed by atoms with van der Waals surface area (Å²) in [5, 5.41) is 4.72. The van der Waals surface area contributed by atoms with Crippen LogP contribution in [-0.2, 0) is 0 Å². The molecule has 21 heavy (non-hydrogen) atoms. The van der Waals surface area contributed by atoms with E-state index in [0.717, 1.165) is 24.7 Å². The summed E-state index contributed by atoms with van der Waals surface area (Å²) >= 11 is 1.43. The zero-order valence-corrected chi connectivity index (χ0v) is 12.9. The standard InChI is InChI=1S/C16H19N3OS/c1-12-4-2-8-19(11-12)13-6-7-15(17-10-13)18-16(20)14-5-3-9-21-14/h3,5-7,9-10,12H,2,4,8,11H2,1H3,(H,17,18,20). The Labute approximate surface area is 128 Å². The molecule has 5 heteroatoms. The van der Waals surface area contributed by atoms with E-state index in [1.165, 1.54) is 24.2 Å².